The Morgan fingerprint density at radius 1 is 1.09 bits per heavy atom. The number of rotatable bonds is 7. The lowest BCUT2D eigenvalue weighted by molar-refractivity contribution is 0.695. The molecule has 0 atom stereocenters. The molecule has 1 radical (unpaired) electrons. The van der Waals surface area contributed by atoms with Crippen molar-refractivity contribution in [3.8, 4) is 0 Å². The van der Waals surface area contributed by atoms with Gasteiger partial charge in [0.2, 0.25) is 0 Å². The first-order chi connectivity index (χ1) is 5.31. The molecular formula is C11H21. The molecule has 0 aromatic heterocycles. The molecule has 0 unspecified atom stereocenters. The molecule has 0 heteroatoms. The third-order valence-corrected chi connectivity index (χ3v) is 1.91. The maximum atomic E-state index is 4.04. The van der Waals surface area contributed by atoms with Crippen LogP contribution in [0.15, 0.2) is 12.2 Å². The fourth-order valence-corrected chi connectivity index (χ4v) is 1.10. The van der Waals surface area contributed by atoms with Crippen LogP contribution in [-0.2, 0) is 0 Å². The van der Waals surface area contributed by atoms with E-state index in [1.165, 1.54) is 44.1 Å². The molecule has 0 saturated carbocycles. The fourth-order valence-electron chi connectivity index (χ4n) is 1.10. The molecule has 0 spiro atoms. The average Bonchev–Trinajstić information content (AvgIpc) is 2.01. The van der Waals surface area contributed by atoms with E-state index in [4.69, 9.17) is 0 Å². The highest BCUT2D eigenvalue weighted by atomic mass is 14.0. The first-order valence-electron chi connectivity index (χ1n) is 4.77. The number of hydrogen-bond donors (Lipinski definition) is 0. The molecule has 0 bridgehead atoms. The molecule has 0 aliphatic carbocycles. The Kier molecular flexibility index (Phi) is 7.66. The lowest BCUT2D eigenvalue weighted by atomic mass is 10.0. The second-order valence-corrected chi connectivity index (χ2v) is 3.16. The van der Waals surface area contributed by atoms with E-state index >= 15 is 0 Å². The zero-order valence-corrected chi connectivity index (χ0v) is 7.86. The van der Waals surface area contributed by atoms with E-state index in [9.17, 15) is 0 Å². The van der Waals surface area contributed by atoms with Gasteiger partial charge in [-0.15, -0.1) is 0 Å². The molecule has 0 heterocycles. The van der Waals surface area contributed by atoms with Gasteiger partial charge < -0.3 is 0 Å². The standard InChI is InChI=1S/C11H21/c1-4-6-8-10-11(3)9-7-5-2/h1,3-10H2,2H3. The number of unbranched alkanes of at least 4 members (excludes halogenated alkanes) is 3. The van der Waals surface area contributed by atoms with Gasteiger partial charge in [-0.1, -0.05) is 45.3 Å². The van der Waals surface area contributed by atoms with Gasteiger partial charge >= 0.3 is 0 Å². The van der Waals surface area contributed by atoms with E-state index in [0.29, 0.717) is 0 Å². The smallest absolute Gasteiger partial charge is 0.0323 e. The summed E-state index contributed by atoms with van der Waals surface area (Å²) in [6, 6.07) is 0. The van der Waals surface area contributed by atoms with E-state index in [-0.39, 0.29) is 0 Å². The fraction of sp³-hybridized carbons (Fsp3) is 0.727. The summed E-state index contributed by atoms with van der Waals surface area (Å²) in [5, 5.41) is 0. The number of allylic oxidation sites excluding steroid dienone is 1. The van der Waals surface area contributed by atoms with Gasteiger partial charge in [0.25, 0.3) is 0 Å². The topological polar surface area (TPSA) is 0 Å². The summed E-state index contributed by atoms with van der Waals surface area (Å²) in [5.74, 6) is 0. The van der Waals surface area contributed by atoms with Crippen LogP contribution in [-0.4, -0.2) is 0 Å². The van der Waals surface area contributed by atoms with E-state index < -0.39 is 0 Å². The summed E-state index contributed by atoms with van der Waals surface area (Å²) >= 11 is 0. The zero-order chi connectivity index (χ0) is 8.53. The van der Waals surface area contributed by atoms with Gasteiger partial charge in [0, 0.05) is 0 Å². The van der Waals surface area contributed by atoms with Crippen LogP contribution in [0.4, 0.5) is 0 Å². The maximum absolute atomic E-state index is 4.04. The van der Waals surface area contributed by atoms with Gasteiger partial charge in [0.05, 0.1) is 0 Å². The van der Waals surface area contributed by atoms with E-state index in [1.807, 2.05) is 0 Å². The van der Waals surface area contributed by atoms with Gasteiger partial charge in [0.1, 0.15) is 0 Å². The van der Waals surface area contributed by atoms with Crippen molar-refractivity contribution in [1.29, 1.82) is 0 Å². The van der Waals surface area contributed by atoms with Crippen molar-refractivity contribution in [2.75, 3.05) is 0 Å². The summed E-state index contributed by atoms with van der Waals surface area (Å²) in [4.78, 5) is 0. The molecule has 0 aliphatic rings. The monoisotopic (exact) mass is 153 g/mol. The van der Waals surface area contributed by atoms with Crippen LogP contribution in [0, 0.1) is 6.92 Å². The third kappa shape index (κ3) is 7.64. The van der Waals surface area contributed by atoms with Crippen LogP contribution in [0.5, 0.6) is 0 Å². The summed E-state index contributed by atoms with van der Waals surface area (Å²) in [6.07, 6.45) is 8.65. The maximum Gasteiger partial charge on any atom is -0.0323 e. The van der Waals surface area contributed by atoms with E-state index in [0.717, 1.165) is 6.42 Å². The van der Waals surface area contributed by atoms with Crippen LogP contribution in [0.2, 0.25) is 0 Å². The molecule has 0 saturated heterocycles. The Balaban J connectivity index is 3.09. The van der Waals surface area contributed by atoms with Gasteiger partial charge in [-0.25, -0.2) is 0 Å². The van der Waals surface area contributed by atoms with Crippen molar-refractivity contribution >= 4 is 0 Å². The zero-order valence-electron chi connectivity index (χ0n) is 7.86. The van der Waals surface area contributed by atoms with E-state index in [1.54, 1.807) is 0 Å². The van der Waals surface area contributed by atoms with Gasteiger partial charge in [0.15, 0.2) is 0 Å². The van der Waals surface area contributed by atoms with Crippen LogP contribution >= 0.6 is 0 Å². The van der Waals surface area contributed by atoms with E-state index in [2.05, 4.69) is 20.4 Å². The van der Waals surface area contributed by atoms with Crippen LogP contribution in [0.25, 0.3) is 0 Å². The lowest BCUT2D eigenvalue weighted by Gasteiger charge is -2.02. The Morgan fingerprint density at radius 2 is 1.73 bits per heavy atom. The van der Waals surface area contributed by atoms with Gasteiger partial charge in [-0.3, -0.25) is 0 Å². The molecular weight excluding hydrogens is 132 g/mol. The third-order valence-electron chi connectivity index (χ3n) is 1.91. The molecule has 11 heavy (non-hydrogen) atoms. The number of hydrogen-bond acceptors (Lipinski definition) is 0. The molecule has 0 aliphatic heterocycles. The van der Waals surface area contributed by atoms with Crippen molar-refractivity contribution < 1.29 is 0 Å². The predicted molar refractivity (Wildman–Crippen MR) is 52.5 cm³/mol. The predicted octanol–water partition coefficient (Wildman–Crippen LogP) is 4.13. The summed E-state index contributed by atoms with van der Waals surface area (Å²) in [5.41, 5.74) is 1.43. The van der Waals surface area contributed by atoms with Crippen LogP contribution in [0.3, 0.4) is 0 Å². The summed E-state index contributed by atoms with van der Waals surface area (Å²) < 4.78 is 0. The first kappa shape index (κ1) is 10.7. The Labute approximate surface area is 71.7 Å². The Morgan fingerprint density at radius 3 is 2.27 bits per heavy atom. The van der Waals surface area contributed by atoms with Gasteiger partial charge in [-0.2, -0.15) is 0 Å². The molecule has 0 N–H and O–H groups in total. The quantitative estimate of drug-likeness (QED) is 0.381. The average molecular weight is 153 g/mol. The molecule has 0 amide bonds. The molecule has 65 valence electrons. The normalized spacial score (nSPS) is 10.0. The van der Waals surface area contributed by atoms with Crippen molar-refractivity contribution in [3.05, 3.63) is 19.1 Å². The van der Waals surface area contributed by atoms with Crippen LogP contribution < -0.4 is 0 Å². The lowest BCUT2D eigenvalue weighted by Crippen LogP contribution is -1.82. The highest BCUT2D eigenvalue weighted by Crippen LogP contribution is 2.12. The molecule has 0 aromatic rings. The first-order valence-corrected chi connectivity index (χ1v) is 4.77. The minimum atomic E-state index is 1.07. The summed E-state index contributed by atoms with van der Waals surface area (Å²) in [6.45, 7) is 10.1. The van der Waals surface area contributed by atoms with Crippen LogP contribution in [0.1, 0.15) is 51.9 Å². The van der Waals surface area contributed by atoms with Crippen molar-refractivity contribution in [2.45, 2.75) is 51.9 Å². The Hall–Kier alpha value is -0.260. The largest absolute Gasteiger partial charge is 0.0999 e. The second-order valence-electron chi connectivity index (χ2n) is 3.16. The Bertz CT molecular complexity index is 92.2. The minimum Gasteiger partial charge on any atom is -0.0999 e. The summed E-state index contributed by atoms with van der Waals surface area (Å²) in [7, 11) is 0. The molecule has 0 nitrogen and oxygen atoms in total. The molecule has 0 aromatic carbocycles. The highest BCUT2D eigenvalue weighted by Gasteiger charge is 1.93. The van der Waals surface area contributed by atoms with Gasteiger partial charge in [-0.05, 0) is 25.7 Å². The molecule has 0 rings (SSSR count). The molecule has 0 fully saturated rings. The van der Waals surface area contributed by atoms with Crippen molar-refractivity contribution in [1.82, 2.24) is 0 Å². The minimum absolute atomic E-state index is 1.07. The SMILES string of the molecule is [CH2]CCCCC(=C)CCCC. The second kappa shape index (κ2) is 7.84. The highest BCUT2D eigenvalue weighted by molar-refractivity contribution is 4.93. The van der Waals surface area contributed by atoms with Crippen molar-refractivity contribution in [2.24, 2.45) is 0 Å². The van der Waals surface area contributed by atoms with Crippen molar-refractivity contribution in [3.63, 3.8) is 0 Å².